The summed E-state index contributed by atoms with van der Waals surface area (Å²) in [6, 6.07) is 4.01. The third-order valence-electron chi connectivity index (χ3n) is 8.02. The van der Waals surface area contributed by atoms with Gasteiger partial charge in [0.15, 0.2) is 0 Å². The molecule has 1 aliphatic carbocycles. The highest BCUT2D eigenvalue weighted by atomic mass is 16.5. The molecule has 2 N–H and O–H groups in total. The van der Waals surface area contributed by atoms with Crippen molar-refractivity contribution in [2.45, 2.75) is 94.4 Å². The maximum Gasteiger partial charge on any atom is 0.241 e. The number of aliphatic hydroxyl groups is 1. The van der Waals surface area contributed by atoms with Crippen molar-refractivity contribution >= 4 is 11.5 Å². The van der Waals surface area contributed by atoms with Crippen molar-refractivity contribution in [2.75, 3.05) is 26.1 Å². The Kier molecular flexibility index (Phi) is 5.92. The van der Waals surface area contributed by atoms with Gasteiger partial charge >= 0.3 is 0 Å². The number of piperidine rings is 1. The van der Waals surface area contributed by atoms with Crippen molar-refractivity contribution < 1.29 is 9.84 Å². The summed E-state index contributed by atoms with van der Waals surface area (Å²) < 4.78 is 7.42. The predicted octanol–water partition coefficient (Wildman–Crippen LogP) is 3.53. The Hall–Kier alpha value is -1.70. The molecule has 3 fully saturated rings. The first-order valence-corrected chi connectivity index (χ1v) is 12.1. The number of rotatable bonds is 6. The van der Waals surface area contributed by atoms with E-state index in [0.717, 1.165) is 25.7 Å². The zero-order chi connectivity index (χ0) is 21.5. The number of aliphatic hydroxyl groups excluding tert-OH is 1. The molecule has 7 heteroatoms. The zero-order valence-electron chi connectivity index (χ0n) is 19.1. The summed E-state index contributed by atoms with van der Waals surface area (Å²) in [5.41, 5.74) is 3.90. The lowest BCUT2D eigenvalue weighted by Crippen LogP contribution is -2.39. The van der Waals surface area contributed by atoms with Crippen LogP contribution in [0, 0.1) is 0 Å². The van der Waals surface area contributed by atoms with E-state index in [2.05, 4.69) is 39.8 Å². The van der Waals surface area contributed by atoms with Gasteiger partial charge in [-0.2, -0.15) is 0 Å². The van der Waals surface area contributed by atoms with E-state index in [9.17, 15) is 5.11 Å². The first kappa shape index (κ1) is 21.2. The van der Waals surface area contributed by atoms with Crippen molar-refractivity contribution in [1.29, 1.82) is 0 Å². The highest BCUT2D eigenvalue weighted by Crippen LogP contribution is 2.45. The molecular weight excluding hydrogens is 390 g/mol. The van der Waals surface area contributed by atoms with Crippen LogP contribution in [-0.4, -0.2) is 69.6 Å². The quantitative estimate of drug-likeness (QED) is 0.735. The van der Waals surface area contributed by atoms with Crippen molar-refractivity contribution in [2.24, 2.45) is 0 Å². The Morgan fingerprint density at radius 3 is 2.52 bits per heavy atom. The van der Waals surface area contributed by atoms with E-state index < -0.39 is 0 Å². The van der Waals surface area contributed by atoms with E-state index in [0.29, 0.717) is 36.5 Å². The molecule has 2 aliphatic heterocycles. The fraction of sp³-hybridized carbons (Fsp3) is 0.750. The summed E-state index contributed by atoms with van der Waals surface area (Å²) in [6.07, 6.45) is 10.8. The van der Waals surface area contributed by atoms with Crippen LogP contribution in [0.15, 0.2) is 12.3 Å². The SMILES string of the molecule is COC[C@H](C)Nc1ncc2c(C3C[C@H]4CC[C@@H](C3)N4C)cc(C3CCC(O)CC3)n2n1. The van der Waals surface area contributed by atoms with Crippen LogP contribution in [0.1, 0.15) is 81.4 Å². The maximum atomic E-state index is 10.0. The molecule has 2 aromatic rings. The number of fused-ring (bicyclic) bond motifs is 3. The van der Waals surface area contributed by atoms with Gasteiger partial charge in [0.25, 0.3) is 0 Å². The molecule has 4 heterocycles. The van der Waals surface area contributed by atoms with Crippen LogP contribution < -0.4 is 5.32 Å². The van der Waals surface area contributed by atoms with Crippen LogP contribution in [0.4, 0.5) is 5.95 Å². The van der Waals surface area contributed by atoms with Gasteiger partial charge in [-0.05, 0) is 82.9 Å². The van der Waals surface area contributed by atoms with Crippen LogP contribution in [0.3, 0.4) is 0 Å². The van der Waals surface area contributed by atoms with Gasteiger partial charge in [-0.25, -0.2) is 9.50 Å². The highest BCUT2D eigenvalue weighted by molar-refractivity contribution is 5.59. The van der Waals surface area contributed by atoms with Crippen LogP contribution in [0.2, 0.25) is 0 Å². The smallest absolute Gasteiger partial charge is 0.241 e. The lowest BCUT2D eigenvalue weighted by Gasteiger charge is -2.36. The van der Waals surface area contributed by atoms with Crippen LogP contribution >= 0.6 is 0 Å². The molecule has 0 radical (unpaired) electrons. The molecule has 4 atom stereocenters. The number of nitrogens with one attached hydrogen (secondary N) is 1. The topological polar surface area (TPSA) is 74.9 Å². The van der Waals surface area contributed by atoms with E-state index in [1.165, 1.54) is 42.5 Å². The molecule has 2 bridgehead atoms. The van der Waals surface area contributed by atoms with E-state index in [-0.39, 0.29) is 12.1 Å². The average molecular weight is 428 g/mol. The van der Waals surface area contributed by atoms with Gasteiger partial charge in [0.2, 0.25) is 5.95 Å². The summed E-state index contributed by atoms with van der Waals surface area (Å²) in [6.45, 7) is 2.69. The van der Waals surface area contributed by atoms with Gasteiger partial charge in [-0.3, -0.25) is 0 Å². The lowest BCUT2D eigenvalue weighted by atomic mass is 9.83. The monoisotopic (exact) mass is 427 g/mol. The minimum Gasteiger partial charge on any atom is -0.393 e. The molecule has 0 aromatic carbocycles. The van der Waals surface area contributed by atoms with Gasteiger partial charge in [-0.1, -0.05) is 0 Å². The first-order valence-electron chi connectivity index (χ1n) is 12.1. The number of anilines is 1. The van der Waals surface area contributed by atoms with Crippen LogP contribution in [-0.2, 0) is 4.74 Å². The normalized spacial score (nSPS) is 32.5. The van der Waals surface area contributed by atoms with Crippen molar-refractivity contribution in [3.8, 4) is 0 Å². The lowest BCUT2D eigenvalue weighted by molar-refractivity contribution is 0.121. The van der Waals surface area contributed by atoms with E-state index in [4.69, 9.17) is 9.84 Å². The van der Waals surface area contributed by atoms with Crippen LogP contribution in [0.25, 0.3) is 5.52 Å². The van der Waals surface area contributed by atoms with Gasteiger partial charge in [-0.15, -0.1) is 5.10 Å². The number of aromatic nitrogens is 3. The zero-order valence-corrected chi connectivity index (χ0v) is 19.1. The Morgan fingerprint density at radius 2 is 1.84 bits per heavy atom. The standard InChI is InChI=1S/C24H37N5O2/c1-15(14-31-3)26-24-25-13-23-21(17-10-18-6-7-19(11-17)28(18)2)12-22(29(23)27-24)16-4-8-20(30)9-5-16/h12-13,15-20,30H,4-11,14H2,1-3H3,(H,26,27)/t15-,16?,17?,18-,19+,20?/m0/s1. The number of ether oxygens (including phenoxy) is 1. The summed E-state index contributed by atoms with van der Waals surface area (Å²) in [5, 5.41) is 18.3. The largest absolute Gasteiger partial charge is 0.393 e. The van der Waals surface area contributed by atoms with Crippen molar-refractivity contribution in [3.63, 3.8) is 0 Å². The summed E-state index contributed by atoms with van der Waals surface area (Å²) in [4.78, 5) is 7.28. The molecule has 1 saturated carbocycles. The summed E-state index contributed by atoms with van der Waals surface area (Å²) >= 11 is 0. The van der Waals surface area contributed by atoms with Crippen molar-refractivity contribution in [1.82, 2.24) is 19.5 Å². The third-order valence-corrected chi connectivity index (χ3v) is 8.02. The second-order valence-corrected chi connectivity index (χ2v) is 10.1. The van der Waals surface area contributed by atoms with Gasteiger partial charge in [0, 0.05) is 36.8 Å². The summed E-state index contributed by atoms with van der Waals surface area (Å²) in [7, 11) is 4.02. The van der Waals surface area contributed by atoms with Gasteiger partial charge in [0.05, 0.1) is 24.4 Å². The number of hydrogen-bond acceptors (Lipinski definition) is 6. The number of methoxy groups -OCH3 is 1. The molecule has 1 unspecified atom stereocenters. The number of nitrogens with zero attached hydrogens (tertiary/aromatic N) is 4. The predicted molar refractivity (Wildman–Crippen MR) is 122 cm³/mol. The Labute approximate surface area is 185 Å². The van der Waals surface area contributed by atoms with Crippen molar-refractivity contribution in [3.05, 3.63) is 23.5 Å². The molecule has 170 valence electrons. The fourth-order valence-electron chi connectivity index (χ4n) is 6.27. The maximum absolute atomic E-state index is 10.0. The number of hydrogen-bond donors (Lipinski definition) is 2. The molecule has 5 rings (SSSR count). The fourth-order valence-corrected chi connectivity index (χ4v) is 6.27. The average Bonchev–Trinajstić information content (AvgIpc) is 3.20. The van der Waals surface area contributed by atoms with Crippen LogP contribution in [0.5, 0.6) is 0 Å². The van der Waals surface area contributed by atoms with Gasteiger partial charge < -0.3 is 20.1 Å². The third kappa shape index (κ3) is 4.08. The first-order chi connectivity index (χ1) is 15.0. The Bertz CT molecular complexity index is 893. The Balaban J connectivity index is 1.50. The van der Waals surface area contributed by atoms with E-state index >= 15 is 0 Å². The second-order valence-electron chi connectivity index (χ2n) is 10.1. The molecule has 2 aromatic heterocycles. The molecule has 7 nitrogen and oxygen atoms in total. The van der Waals surface area contributed by atoms with Gasteiger partial charge in [0.1, 0.15) is 0 Å². The molecular formula is C24H37N5O2. The minimum atomic E-state index is -0.145. The second kappa shape index (κ2) is 8.68. The van der Waals surface area contributed by atoms with E-state index in [1.54, 1.807) is 7.11 Å². The summed E-state index contributed by atoms with van der Waals surface area (Å²) in [5.74, 6) is 1.69. The Morgan fingerprint density at radius 1 is 1.13 bits per heavy atom. The highest BCUT2D eigenvalue weighted by Gasteiger charge is 2.40. The molecule has 3 aliphatic rings. The molecule has 0 spiro atoms. The minimum absolute atomic E-state index is 0.145. The van der Waals surface area contributed by atoms with E-state index in [1.807, 2.05) is 6.20 Å². The molecule has 2 saturated heterocycles. The molecule has 0 amide bonds. The molecule has 31 heavy (non-hydrogen) atoms.